The minimum Gasteiger partial charge on any atom is -0.469 e. The van der Waals surface area contributed by atoms with E-state index in [1.54, 1.807) is 5.57 Å². The van der Waals surface area contributed by atoms with Crippen molar-refractivity contribution in [2.24, 2.45) is 40.4 Å². The fourth-order valence-corrected chi connectivity index (χ4v) is 8.59. The third kappa shape index (κ3) is 3.97. The number of esters is 2. The fraction of sp³-hybridized carbons (Fsp3) is 0.852. The van der Waals surface area contributed by atoms with Gasteiger partial charge in [-0.25, -0.2) is 0 Å². The van der Waals surface area contributed by atoms with Gasteiger partial charge in [0.25, 0.3) is 0 Å². The molecule has 4 nitrogen and oxygen atoms in total. The first-order valence-corrected chi connectivity index (χ1v) is 12.6. The number of hydrogen-bond donors (Lipinski definition) is 0. The molecule has 4 aliphatic rings. The van der Waals surface area contributed by atoms with Gasteiger partial charge in [-0.1, -0.05) is 32.4 Å². The first kappa shape index (κ1) is 22.9. The van der Waals surface area contributed by atoms with Crippen LogP contribution in [-0.2, 0) is 19.1 Å². The molecule has 0 aromatic carbocycles. The topological polar surface area (TPSA) is 52.6 Å². The standard InChI is InChI=1S/C27H42O4/c1-17(6-11-25(29)30-5)22-9-10-23-21-8-7-19-16-20(31-18(2)28)12-14-26(19,3)24(21)13-15-27(22,23)4/h7,17,20-24H,6,8-16H2,1-5H3/t17-,20-,21+,22-,23+,24+,26-,27+/m0/s1. The van der Waals surface area contributed by atoms with Crippen molar-refractivity contribution in [3.63, 3.8) is 0 Å². The second-order valence-electron chi connectivity index (χ2n) is 11.6. The molecule has 3 fully saturated rings. The minimum atomic E-state index is -0.144. The van der Waals surface area contributed by atoms with Crippen molar-refractivity contribution in [1.29, 1.82) is 0 Å². The molecule has 4 aliphatic carbocycles. The van der Waals surface area contributed by atoms with E-state index in [0.29, 0.717) is 17.8 Å². The zero-order chi connectivity index (χ0) is 22.4. The largest absolute Gasteiger partial charge is 0.469 e. The number of rotatable bonds is 5. The Hall–Kier alpha value is -1.32. The summed E-state index contributed by atoms with van der Waals surface area (Å²) >= 11 is 0. The van der Waals surface area contributed by atoms with Gasteiger partial charge in [-0.05, 0) is 91.8 Å². The average molecular weight is 431 g/mol. The number of ether oxygens (including phenoxy) is 2. The van der Waals surface area contributed by atoms with Gasteiger partial charge in [0.1, 0.15) is 6.10 Å². The monoisotopic (exact) mass is 430 g/mol. The van der Waals surface area contributed by atoms with Crippen LogP contribution in [0.3, 0.4) is 0 Å². The fourth-order valence-electron chi connectivity index (χ4n) is 8.59. The number of carbonyl (C=O) groups is 2. The molecule has 0 bridgehead atoms. The lowest BCUT2D eigenvalue weighted by molar-refractivity contribution is -0.148. The summed E-state index contributed by atoms with van der Waals surface area (Å²) in [6, 6.07) is 0. The van der Waals surface area contributed by atoms with Crippen LogP contribution in [0.25, 0.3) is 0 Å². The molecule has 8 atom stereocenters. The maximum absolute atomic E-state index is 11.7. The molecule has 174 valence electrons. The molecule has 0 heterocycles. The van der Waals surface area contributed by atoms with Crippen LogP contribution in [-0.4, -0.2) is 25.2 Å². The van der Waals surface area contributed by atoms with Gasteiger partial charge in [-0.15, -0.1) is 0 Å². The highest BCUT2D eigenvalue weighted by atomic mass is 16.5. The Bertz CT molecular complexity index is 742. The van der Waals surface area contributed by atoms with Gasteiger partial charge >= 0.3 is 11.9 Å². The van der Waals surface area contributed by atoms with Gasteiger partial charge < -0.3 is 9.47 Å². The van der Waals surface area contributed by atoms with Crippen molar-refractivity contribution in [3.05, 3.63) is 11.6 Å². The van der Waals surface area contributed by atoms with Crippen molar-refractivity contribution in [3.8, 4) is 0 Å². The summed E-state index contributed by atoms with van der Waals surface area (Å²) in [4.78, 5) is 23.1. The molecule has 0 unspecified atom stereocenters. The lowest BCUT2D eigenvalue weighted by Crippen LogP contribution is -2.51. The van der Waals surface area contributed by atoms with E-state index >= 15 is 0 Å². The Morgan fingerprint density at radius 3 is 2.61 bits per heavy atom. The quantitative estimate of drug-likeness (QED) is 0.391. The van der Waals surface area contributed by atoms with E-state index in [1.807, 2.05) is 0 Å². The van der Waals surface area contributed by atoms with Crippen LogP contribution in [0.4, 0.5) is 0 Å². The van der Waals surface area contributed by atoms with Gasteiger partial charge in [0, 0.05) is 19.8 Å². The zero-order valence-electron chi connectivity index (χ0n) is 20.2. The molecule has 4 rings (SSSR count). The maximum Gasteiger partial charge on any atom is 0.305 e. The summed E-state index contributed by atoms with van der Waals surface area (Å²) in [6.45, 7) is 8.97. The summed E-state index contributed by atoms with van der Waals surface area (Å²) in [5.41, 5.74) is 2.26. The molecular weight excluding hydrogens is 388 g/mol. The van der Waals surface area contributed by atoms with Gasteiger partial charge in [-0.3, -0.25) is 9.59 Å². The Balaban J connectivity index is 1.48. The number of fused-ring (bicyclic) bond motifs is 5. The van der Waals surface area contributed by atoms with Crippen LogP contribution in [0.1, 0.15) is 91.9 Å². The average Bonchev–Trinajstić information content (AvgIpc) is 3.09. The van der Waals surface area contributed by atoms with Crippen LogP contribution < -0.4 is 0 Å². The van der Waals surface area contributed by atoms with Crippen LogP contribution in [0.2, 0.25) is 0 Å². The van der Waals surface area contributed by atoms with Crippen molar-refractivity contribution in [2.45, 2.75) is 98.0 Å². The van der Waals surface area contributed by atoms with Gasteiger partial charge in [0.05, 0.1) is 7.11 Å². The predicted molar refractivity (Wildman–Crippen MR) is 121 cm³/mol. The molecule has 31 heavy (non-hydrogen) atoms. The van der Waals surface area contributed by atoms with E-state index in [-0.39, 0.29) is 23.5 Å². The molecule has 0 radical (unpaired) electrons. The second-order valence-corrected chi connectivity index (χ2v) is 11.6. The van der Waals surface area contributed by atoms with Crippen LogP contribution in [0.5, 0.6) is 0 Å². The molecule has 3 saturated carbocycles. The lowest BCUT2D eigenvalue weighted by Gasteiger charge is -2.58. The highest BCUT2D eigenvalue weighted by molar-refractivity contribution is 5.69. The summed E-state index contributed by atoms with van der Waals surface area (Å²) in [5, 5.41) is 0. The third-order valence-corrected chi connectivity index (χ3v) is 10.2. The van der Waals surface area contributed by atoms with Crippen LogP contribution >= 0.6 is 0 Å². The van der Waals surface area contributed by atoms with Crippen molar-refractivity contribution < 1.29 is 19.1 Å². The maximum atomic E-state index is 11.7. The minimum absolute atomic E-state index is 0.0718. The van der Waals surface area contributed by atoms with Crippen molar-refractivity contribution in [2.75, 3.05) is 7.11 Å². The molecule has 0 amide bonds. The van der Waals surface area contributed by atoms with E-state index in [0.717, 1.165) is 49.4 Å². The van der Waals surface area contributed by atoms with E-state index < -0.39 is 0 Å². The predicted octanol–water partition coefficient (Wildman–Crippen LogP) is 6.09. The summed E-state index contributed by atoms with van der Waals surface area (Å²) in [6.07, 6.45) is 13.7. The van der Waals surface area contributed by atoms with Crippen molar-refractivity contribution >= 4 is 11.9 Å². The first-order valence-electron chi connectivity index (χ1n) is 12.6. The smallest absolute Gasteiger partial charge is 0.305 e. The molecule has 4 heteroatoms. The first-order chi connectivity index (χ1) is 14.7. The summed E-state index contributed by atoms with van der Waals surface area (Å²) in [5.74, 6) is 3.45. The lowest BCUT2D eigenvalue weighted by atomic mass is 9.47. The van der Waals surface area contributed by atoms with Crippen molar-refractivity contribution in [1.82, 2.24) is 0 Å². The highest BCUT2D eigenvalue weighted by Crippen LogP contribution is 2.67. The molecule has 0 aliphatic heterocycles. The van der Waals surface area contributed by atoms with E-state index in [1.165, 1.54) is 46.1 Å². The van der Waals surface area contributed by atoms with Gasteiger partial charge in [0.15, 0.2) is 0 Å². The number of allylic oxidation sites excluding steroid dienone is 1. The summed E-state index contributed by atoms with van der Waals surface area (Å²) < 4.78 is 10.5. The van der Waals surface area contributed by atoms with E-state index in [4.69, 9.17) is 9.47 Å². The molecule has 0 saturated heterocycles. The molecule has 0 N–H and O–H groups in total. The Morgan fingerprint density at radius 2 is 1.90 bits per heavy atom. The second kappa shape index (κ2) is 8.56. The molecule has 0 spiro atoms. The van der Waals surface area contributed by atoms with E-state index in [9.17, 15) is 9.59 Å². The Morgan fingerprint density at radius 1 is 1.13 bits per heavy atom. The Kier molecular flexibility index (Phi) is 6.31. The number of carbonyl (C=O) groups excluding carboxylic acids is 2. The SMILES string of the molecule is COC(=O)CC[C@H](C)[C@@H]1CC[C@@H]2[C@H]3CC=C4C[C@@H](OC(C)=O)CC[C@]4(C)[C@@H]3CC[C@@]21C. The van der Waals surface area contributed by atoms with Gasteiger partial charge in [0.2, 0.25) is 0 Å². The van der Waals surface area contributed by atoms with E-state index in [2.05, 4.69) is 26.8 Å². The number of hydrogen-bond acceptors (Lipinski definition) is 4. The third-order valence-electron chi connectivity index (χ3n) is 10.2. The zero-order valence-corrected chi connectivity index (χ0v) is 20.2. The number of methoxy groups -OCH3 is 1. The normalized spacial score (nSPS) is 42.5. The van der Waals surface area contributed by atoms with Crippen LogP contribution in [0.15, 0.2) is 11.6 Å². The van der Waals surface area contributed by atoms with Crippen LogP contribution in [0, 0.1) is 40.4 Å². The summed E-state index contributed by atoms with van der Waals surface area (Å²) in [7, 11) is 1.49. The molecular formula is C27H42O4. The highest BCUT2D eigenvalue weighted by Gasteiger charge is 2.59. The molecule has 0 aromatic heterocycles. The van der Waals surface area contributed by atoms with Gasteiger partial charge in [-0.2, -0.15) is 0 Å². The molecule has 0 aromatic rings. The Labute approximate surface area is 188 Å².